The first-order valence-electron chi connectivity index (χ1n) is 11.8. The number of benzene rings is 3. The van der Waals surface area contributed by atoms with Crippen LogP contribution in [0, 0.1) is 28.9 Å². The van der Waals surface area contributed by atoms with Gasteiger partial charge in [-0.05, 0) is 18.6 Å². The first-order valence-corrected chi connectivity index (χ1v) is 11.8. The molecule has 10 heteroatoms. The van der Waals surface area contributed by atoms with E-state index in [1.165, 1.54) is 25.3 Å². The molecule has 3 atom stereocenters. The minimum atomic E-state index is -2.21. The lowest BCUT2D eigenvalue weighted by atomic mass is 9.77. The number of ether oxygens (including phenoxy) is 2. The van der Waals surface area contributed by atoms with Crippen LogP contribution in [0.4, 0.5) is 11.4 Å². The van der Waals surface area contributed by atoms with Gasteiger partial charge in [0.1, 0.15) is 5.75 Å². The Labute approximate surface area is 215 Å². The van der Waals surface area contributed by atoms with E-state index in [4.69, 9.17) is 9.47 Å². The maximum atomic E-state index is 14.1. The van der Waals surface area contributed by atoms with Gasteiger partial charge in [0, 0.05) is 17.2 Å². The van der Waals surface area contributed by atoms with E-state index in [0.29, 0.717) is 5.56 Å². The Hall–Kier alpha value is -4.70. The minimum absolute atomic E-state index is 0.0179. The van der Waals surface area contributed by atoms with Crippen LogP contribution >= 0.6 is 0 Å². The van der Waals surface area contributed by atoms with Gasteiger partial charge in [-0.15, -0.1) is 0 Å². The third-order valence-electron chi connectivity index (χ3n) is 7.54. The summed E-state index contributed by atoms with van der Waals surface area (Å²) in [5.41, 5.74) is -0.768. The maximum absolute atomic E-state index is 14.1. The summed E-state index contributed by atoms with van der Waals surface area (Å²) in [6, 6.07) is 16.8. The van der Waals surface area contributed by atoms with Gasteiger partial charge in [0.2, 0.25) is 29.0 Å². The number of fused-ring (bicyclic) bond motifs is 3. The number of nitro benzene ring substituents is 1. The Morgan fingerprint density at radius 3 is 2.13 bits per heavy atom. The molecule has 3 aromatic rings. The van der Waals surface area contributed by atoms with Crippen molar-refractivity contribution in [3.8, 4) is 5.75 Å². The predicted octanol–water partition coefficient (Wildman–Crippen LogP) is 3.61. The number of rotatable bonds is 4. The highest BCUT2D eigenvalue weighted by Gasteiger charge is 2.74. The molecule has 3 aliphatic rings. The molecule has 0 N–H and O–H groups in total. The van der Waals surface area contributed by atoms with Crippen LogP contribution in [0.25, 0.3) is 0 Å². The number of non-ortho nitro benzene ring substituents is 1. The van der Waals surface area contributed by atoms with Crippen LogP contribution in [0.15, 0.2) is 66.7 Å². The second-order valence-corrected chi connectivity index (χ2v) is 9.52. The predicted molar refractivity (Wildman–Crippen MR) is 132 cm³/mol. The van der Waals surface area contributed by atoms with E-state index in [2.05, 4.69) is 0 Å². The summed E-state index contributed by atoms with van der Waals surface area (Å²) in [4.78, 5) is 67.2. The maximum Gasteiger partial charge on any atom is 0.273 e. The molecule has 2 amide bonds. The van der Waals surface area contributed by atoms with E-state index in [-0.39, 0.29) is 28.3 Å². The van der Waals surface area contributed by atoms with Gasteiger partial charge in [-0.2, -0.15) is 0 Å². The number of carbonyl (C=O) groups excluding carboxylic acids is 4. The van der Waals surface area contributed by atoms with Crippen molar-refractivity contribution < 1.29 is 33.6 Å². The largest absolute Gasteiger partial charge is 0.494 e. The standard InChI is InChI=1S/C28H20N2O8/c1-14-7-9-15(10-8-14)23-21-22(28(38-23)24(31)17-5-3-4-6-18(17)25(28)32)27(34)29(26(21)33)19-12-11-16(30(35)36)13-20(19)37-2/h3-13,21-23H,1-2H3/t21-,22+,23-/m0/s1. The molecular weight excluding hydrogens is 492 g/mol. The van der Waals surface area contributed by atoms with Crippen LogP contribution in [0.5, 0.6) is 5.75 Å². The summed E-state index contributed by atoms with van der Waals surface area (Å²) in [5, 5.41) is 11.3. The minimum Gasteiger partial charge on any atom is -0.494 e. The van der Waals surface area contributed by atoms with Crippen LogP contribution in [-0.2, 0) is 14.3 Å². The van der Waals surface area contributed by atoms with Crippen molar-refractivity contribution in [3.63, 3.8) is 0 Å². The quantitative estimate of drug-likeness (QED) is 0.224. The molecule has 2 heterocycles. The van der Waals surface area contributed by atoms with E-state index in [9.17, 15) is 29.3 Å². The topological polar surface area (TPSA) is 133 Å². The van der Waals surface area contributed by atoms with Crippen LogP contribution in [0.2, 0.25) is 0 Å². The number of Topliss-reactive ketones (excluding diaryl/α,β-unsaturated/α-hetero) is 2. The second-order valence-electron chi connectivity index (χ2n) is 9.52. The summed E-state index contributed by atoms with van der Waals surface area (Å²) in [6.45, 7) is 1.89. The van der Waals surface area contributed by atoms with Crippen LogP contribution in [0.1, 0.15) is 37.9 Å². The van der Waals surface area contributed by atoms with E-state index >= 15 is 0 Å². The van der Waals surface area contributed by atoms with E-state index in [0.717, 1.165) is 22.6 Å². The molecule has 190 valence electrons. The number of methoxy groups -OCH3 is 1. The first kappa shape index (κ1) is 23.7. The molecule has 2 saturated heterocycles. The highest BCUT2D eigenvalue weighted by Crippen LogP contribution is 2.58. The zero-order valence-electron chi connectivity index (χ0n) is 20.2. The highest BCUT2D eigenvalue weighted by molar-refractivity contribution is 6.37. The fourth-order valence-electron chi connectivity index (χ4n) is 5.78. The normalized spacial score (nSPS) is 23.2. The monoisotopic (exact) mass is 512 g/mol. The lowest BCUT2D eigenvalue weighted by molar-refractivity contribution is -0.384. The van der Waals surface area contributed by atoms with Crippen molar-refractivity contribution in [2.75, 3.05) is 12.0 Å². The smallest absolute Gasteiger partial charge is 0.273 e. The number of nitrogens with zero attached hydrogens (tertiary/aromatic N) is 2. The number of amides is 2. The van der Waals surface area contributed by atoms with E-state index in [1.807, 2.05) is 19.1 Å². The molecule has 6 rings (SSSR count). The second kappa shape index (κ2) is 8.15. The molecule has 1 spiro atoms. The molecule has 0 unspecified atom stereocenters. The summed E-state index contributed by atoms with van der Waals surface area (Å²) in [6.07, 6.45) is -1.06. The highest BCUT2D eigenvalue weighted by atomic mass is 16.6. The molecule has 3 aromatic carbocycles. The Kier molecular flexibility index (Phi) is 5.08. The molecule has 0 bridgehead atoms. The summed E-state index contributed by atoms with van der Waals surface area (Å²) in [5.74, 6) is -5.53. The average molecular weight is 512 g/mol. The van der Waals surface area contributed by atoms with E-state index < -0.39 is 51.8 Å². The fourth-order valence-corrected chi connectivity index (χ4v) is 5.78. The average Bonchev–Trinajstić information content (AvgIpc) is 3.48. The Balaban J connectivity index is 1.54. The zero-order chi connectivity index (χ0) is 26.9. The Bertz CT molecular complexity index is 1540. The fraction of sp³-hybridized carbons (Fsp3) is 0.214. The van der Waals surface area contributed by atoms with Gasteiger partial charge < -0.3 is 9.47 Å². The number of anilines is 1. The van der Waals surface area contributed by atoms with Crippen molar-refractivity contribution in [1.82, 2.24) is 0 Å². The third-order valence-corrected chi connectivity index (χ3v) is 7.54. The summed E-state index contributed by atoms with van der Waals surface area (Å²) < 4.78 is 11.5. The summed E-state index contributed by atoms with van der Waals surface area (Å²) >= 11 is 0. The van der Waals surface area contributed by atoms with Gasteiger partial charge in [0.25, 0.3) is 5.69 Å². The molecule has 10 nitrogen and oxygen atoms in total. The molecule has 38 heavy (non-hydrogen) atoms. The number of nitro groups is 1. The van der Waals surface area contributed by atoms with Crippen LogP contribution < -0.4 is 9.64 Å². The Morgan fingerprint density at radius 1 is 0.921 bits per heavy atom. The van der Waals surface area contributed by atoms with Gasteiger partial charge in [-0.3, -0.25) is 29.3 Å². The van der Waals surface area contributed by atoms with Gasteiger partial charge in [-0.1, -0.05) is 54.1 Å². The van der Waals surface area contributed by atoms with Gasteiger partial charge in [0.05, 0.1) is 41.7 Å². The Morgan fingerprint density at radius 2 is 1.55 bits per heavy atom. The van der Waals surface area contributed by atoms with Crippen molar-refractivity contribution in [1.29, 1.82) is 0 Å². The summed E-state index contributed by atoms with van der Waals surface area (Å²) in [7, 11) is 1.26. The molecule has 1 aliphatic carbocycles. The first-order chi connectivity index (χ1) is 18.2. The molecule has 0 radical (unpaired) electrons. The molecule has 2 fully saturated rings. The van der Waals surface area contributed by atoms with E-state index in [1.54, 1.807) is 24.3 Å². The number of hydrogen-bond donors (Lipinski definition) is 0. The van der Waals surface area contributed by atoms with Crippen molar-refractivity contribution in [2.45, 2.75) is 18.6 Å². The van der Waals surface area contributed by atoms with Gasteiger partial charge in [-0.25, -0.2) is 4.90 Å². The van der Waals surface area contributed by atoms with Crippen molar-refractivity contribution in [2.24, 2.45) is 11.8 Å². The SMILES string of the molecule is COc1cc([N+](=O)[O-])ccc1N1C(=O)[C@@H]2[C@H](c3ccc(C)cc3)OC3(C(=O)c4ccccc4C3=O)[C@H]2C1=O. The number of aryl methyl sites for hydroxylation is 1. The number of imide groups is 1. The number of ketones is 2. The molecule has 2 aliphatic heterocycles. The lowest BCUT2D eigenvalue weighted by Gasteiger charge is -2.27. The zero-order valence-corrected chi connectivity index (χ0v) is 20.2. The van der Waals surface area contributed by atoms with Crippen molar-refractivity contribution >= 4 is 34.8 Å². The molecule has 0 aromatic heterocycles. The van der Waals surface area contributed by atoms with Crippen LogP contribution in [-0.4, -0.2) is 41.0 Å². The van der Waals surface area contributed by atoms with Gasteiger partial charge >= 0.3 is 0 Å². The third kappa shape index (κ3) is 2.97. The molecular formula is C28H20N2O8. The van der Waals surface area contributed by atoms with Crippen LogP contribution in [0.3, 0.4) is 0 Å². The lowest BCUT2D eigenvalue weighted by Crippen LogP contribution is -2.51. The number of carbonyl (C=O) groups is 4. The molecule has 0 saturated carbocycles. The van der Waals surface area contributed by atoms with Gasteiger partial charge in [0.15, 0.2) is 0 Å². The van der Waals surface area contributed by atoms with Crippen molar-refractivity contribution in [3.05, 3.63) is 99.1 Å². The number of hydrogen-bond acceptors (Lipinski definition) is 8.